The van der Waals surface area contributed by atoms with E-state index >= 15 is 4.39 Å². The highest BCUT2D eigenvalue weighted by atomic mass is 19.1. The molecule has 3 N–H and O–H groups in total. The highest BCUT2D eigenvalue weighted by Gasteiger charge is 2.24. The molecule has 1 aliphatic heterocycles. The third-order valence-electron chi connectivity index (χ3n) is 7.91. The zero-order valence-corrected chi connectivity index (χ0v) is 24.2. The van der Waals surface area contributed by atoms with Crippen LogP contribution >= 0.6 is 0 Å². The van der Waals surface area contributed by atoms with Gasteiger partial charge in [0.1, 0.15) is 52.3 Å². The molecule has 232 valence electrons. The molecule has 0 atom stereocenters. The molecule has 1 aliphatic rings. The molecular weight excluding hydrogens is 587 g/mol. The number of nitrogens with zero attached hydrogens (tertiary/aromatic N) is 4. The number of carboxylic acids is 1. The van der Waals surface area contributed by atoms with E-state index in [1.165, 1.54) is 35.2 Å². The molecule has 0 bridgehead atoms. The number of anilines is 1. The number of phenols is 2. The number of carboxylic acid groups (broad SMARTS) is 1. The second-order valence-corrected chi connectivity index (χ2v) is 10.6. The van der Waals surface area contributed by atoms with Gasteiger partial charge in [0.25, 0.3) is 0 Å². The summed E-state index contributed by atoms with van der Waals surface area (Å²) in [5.41, 5.74) is -0.434. The van der Waals surface area contributed by atoms with Gasteiger partial charge in [-0.15, -0.1) is 0 Å². The van der Waals surface area contributed by atoms with E-state index in [1.807, 2.05) is 0 Å². The predicted octanol–water partition coefficient (Wildman–Crippen LogP) is 3.64. The van der Waals surface area contributed by atoms with Crippen molar-refractivity contribution in [3.63, 3.8) is 0 Å². The van der Waals surface area contributed by atoms with Crippen LogP contribution in [0.2, 0.25) is 0 Å². The Morgan fingerprint density at radius 3 is 2.47 bits per heavy atom. The molecule has 1 saturated heterocycles. The Labute approximate surface area is 254 Å². The van der Waals surface area contributed by atoms with Crippen molar-refractivity contribution in [1.29, 1.82) is 0 Å². The second kappa shape index (κ2) is 11.9. The quantitative estimate of drug-likeness (QED) is 0.234. The first-order valence-corrected chi connectivity index (χ1v) is 14.3. The van der Waals surface area contributed by atoms with Crippen LogP contribution in [0.3, 0.4) is 0 Å². The van der Waals surface area contributed by atoms with Crippen LogP contribution in [0.15, 0.2) is 68.9 Å². The lowest BCUT2D eigenvalue weighted by molar-refractivity contribution is 0.0694. The largest absolute Gasteiger partial charge is 0.508 e. The Hall–Kier alpha value is -5.43. The molecule has 13 heteroatoms. The van der Waals surface area contributed by atoms with Gasteiger partial charge in [0.15, 0.2) is 11.6 Å². The van der Waals surface area contributed by atoms with Gasteiger partial charge in [-0.2, -0.15) is 0 Å². The van der Waals surface area contributed by atoms with Crippen LogP contribution in [-0.4, -0.2) is 75.1 Å². The highest BCUT2D eigenvalue weighted by Crippen LogP contribution is 2.31. The molecule has 4 heterocycles. The molecule has 0 spiro atoms. The molecule has 0 amide bonds. The maximum absolute atomic E-state index is 15.1. The van der Waals surface area contributed by atoms with E-state index in [2.05, 4.69) is 9.88 Å². The van der Waals surface area contributed by atoms with Crippen LogP contribution in [0.4, 0.5) is 10.2 Å². The first-order valence-electron chi connectivity index (χ1n) is 14.3. The first-order chi connectivity index (χ1) is 21.6. The Bertz CT molecular complexity index is 2050. The molecule has 12 nitrogen and oxygen atoms in total. The summed E-state index contributed by atoms with van der Waals surface area (Å²) in [6.45, 7) is 5.04. The number of halogens is 1. The number of phenolic OH excluding ortho intramolecular Hbond substituents is 2. The molecule has 2 aromatic carbocycles. The van der Waals surface area contributed by atoms with E-state index in [9.17, 15) is 29.7 Å². The summed E-state index contributed by atoms with van der Waals surface area (Å²) in [5.74, 6) is -1.85. The maximum atomic E-state index is 15.1. The number of aromatic hydroxyl groups is 2. The fraction of sp³-hybridized carbons (Fsp3) is 0.250. The van der Waals surface area contributed by atoms with Gasteiger partial charge < -0.3 is 33.9 Å². The summed E-state index contributed by atoms with van der Waals surface area (Å²) >= 11 is 0. The van der Waals surface area contributed by atoms with Gasteiger partial charge in [0.05, 0.1) is 10.9 Å². The maximum Gasteiger partial charge on any atom is 0.341 e. The van der Waals surface area contributed by atoms with E-state index < -0.39 is 28.2 Å². The zero-order valence-electron chi connectivity index (χ0n) is 24.2. The standard InChI is InChI=1S/C32H29FN4O8/c1-2-36-16-22(32(42)43)28(40)21-15-24(33)31(34-30(21)36)37-9-7-35(8-10-37)11-12-44-20-13-25(39)27-26(14-20)45-17-23(29(27)41)18-3-5-19(38)6-4-18/h3-6,13-17,38-39H,2,7-12H2,1H3,(H,42,43). The normalized spacial score (nSPS) is 13.9. The number of aromatic carboxylic acids is 1. The Balaban J connectivity index is 1.10. The van der Waals surface area contributed by atoms with Crippen LogP contribution in [0, 0.1) is 5.82 Å². The monoisotopic (exact) mass is 616 g/mol. The minimum atomic E-state index is -1.38. The van der Waals surface area contributed by atoms with Crippen LogP contribution < -0.4 is 20.5 Å². The van der Waals surface area contributed by atoms with E-state index in [1.54, 1.807) is 30.0 Å². The average Bonchev–Trinajstić information content (AvgIpc) is 3.02. The van der Waals surface area contributed by atoms with E-state index in [0.29, 0.717) is 50.6 Å². The van der Waals surface area contributed by atoms with Gasteiger partial charge >= 0.3 is 5.97 Å². The van der Waals surface area contributed by atoms with Crippen LogP contribution in [0.25, 0.3) is 33.1 Å². The molecule has 6 rings (SSSR count). The lowest BCUT2D eigenvalue weighted by atomic mass is 10.0. The molecule has 3 aromatic heterocycles. The van der Waals surface area contributed by atoms with Crippen molar-refractivity contribution in [2.24, 2.45) is 0 Å². The lowest BCUT2D eigenvalue weighted by Gasteiger charge is -2.35. The minimum absolute atomic E-state index is 0.0249. The van der Waals surface area contributed by atoms with Crippen molar-refractivity contribution in [2.45, 2.75) is 13.5 Å². The lowest BCUT2D eigenvalue weighted by Crippen LogP contribution is -2.48. The minimum Gasteiger partial charge on any atom is -0.508 e. The molecule has 0 unspecified atom stereocenters. The van der Waals surface area contributed by atoms with Gasteiger partial charge in [-0.3, -0.25) is 14.5 Å². The fourth-order valence-electron chi connectivity index (χ4n) is 5.50. The molecule has 0 aliphatic carbocycles. The fourth-order valence-corrected chi connectivity index (χ4v) is 5.50. The topological polar surface area (TPSA) is 159 Å². The smallest absolute Gasteiger partial charge is 0.341 e. The van der Waals surface area contributed by atoms with Gasteiger partial charge in [-0.05, 0) is 30.7 Å². The summed E-state index contributed by atoms with van der Waals surface area (Å²) in [5, 5.41) is 29.5. The van der Waals surface area contributed by atoms with Gasteiger partial charge in [-0.25, -0.2) is 14.2 Å². The number of carbonyl (C=O) groups is 1. The van der Waals surface area contributed by atoms with Crippen molar-refractivity contribution in [3.05, 3.63) is 86.8 Å². The Morgan fingerprint density at radius 1 is 1.04 bits per heavy atom. The molecule has 0 saturated carbocycles. The van der Waals surface area contributed by atoms with E-state index in [4.69, 9.17) is 9.15 Å². The number of hydrogen-bond acceptors (Lipinski definition) is 10. The number of rotatable bonds is 8. The van der Waals surface area contributed by atoms with Crippen LogP contribution in [0.1, 0.15) is 17.3 Å². The summed E-state index contributed by atoms with van der Waals surface area (Å²) < 4.78 is 28.2. The van der Waals surface area contributed by atoms with Gasteiger partial charge in [0, 0.05) is 57.6 Å². The number of fused-ring (bicyclic) bond motifs is 2. The summed E-state index contributed by atoms with van der Waals surface area (Å²) in [6.07, 6.45) is 2.54. The van der Waals surface area contributed by atoms with Gasteiger partial charge in [-0.1, -0.05) is 12.1 Å². The van der Waals surface area contributed by atoms with E-state index in [0.717, 1.165) is 6.07 Å². The first kappa shape index (κ1) is 29.6. The third-order valence-corrected chi connectivity index (χ3v) is 7.91. The Morgan fingerprint density at radius 2 is 1.78 bits per heavy atom. The number of hydrogen-bond donors (Lipinski definition) is 3. The van der Waals surface area contributed by atoms with Crippen molar-refractivity contribution in [2.75, 3.05) is 44.2 Å². The molecule has 5 aromatic rings. The molecule has 0 radical (unpaired) electrons. The number of benzene rings is 2. The number of pyridine rings is 2. The number of ether oxygens (including phenoxy) is 1. The van der Waals surface area contributed by atoms with Crippen molar-refractivity contribution < 1.29 is 33.7 Å². The molecule has 1 fully saturated rings. The second-order valence-electron chi connectivity index (χ2n) is 10.6. The van der Waals surface area contributed by atoms with Crippen molar-refractivity contribution >= 4 is 33.8 Å². The summed E-state index contributed by atoms with van der Waals surface area (Å²) in [6, 6.07) is 10.0. The number of piperazine rings is 1. The number of aromatic nitrogens is 2. The summed E-state index contributed by atoms with van der Waals surface area (Å²) in [7, 11) is 0. The average molecular weight is 617 g/mol. The summed E-state index contributed by atoms with van der Waals surface area (Å²) in [4.78, 5) is 45.5. The van der Waals surface area contributed by atoms with Gasteiger partial charge in [0.2, 0.25) is 10.9 Å². The van der Waals surface area contributed by atoms with Crippen LogP contribution in [0.5, 0.6) is 17.2 Å². The Kier molecular flexibility index (Phi) is 7.85. The van der Waals surface area contributed by atoms with Crippen LogP contribution in [-0.2, 0) is 6.54 Å². The predicted molar refractivity (Wildman–Crippen MR) is 164 cm³/mol. The van der Waals surface area contributed by atoms with Crippen molar-refractivity contribution in [3.8, 4) is 28.4 Å². The van der Waals surface area contributed by atoms with Crippen molar-refractivity contribution in [1.82, 2.24) is 14.5 Å². The highest BCUT2D eigenvalue weighted by molar-refractivity contribution is 5.92. The number of aryl methyl sites for hydroxylation is 1. The third kappa shape index (κ3) is 5.65. The molecule has 45 heavy (non-hydrogen) atoms. The zero-order chi connectivity index (χ0) is 31.8. The van der Waals surface area contributed by atoms with E-state index in [-0.39, 0.29) is 51.5 Å². The SMILES string of the molecule is CCn1cc(C(=O)O)c(=O)c2cc(F)c(N3CCN(CCOc4cc(O)c5c(=O)c(-c6ccc(O)cc6)coc5c4)CC3)nc21. The molecular formula is C32H29FN4O8.